The van der Waals surface area contributed by atoms with Gasteiger partial charge in [0, 0.05) is 12.2 Å². The van der Waals surface area contributed by atoms with Gasteiger partial charge in [-0.25, -0.2) is 9.97 Å². The molecule has 0 atom stereocenters. The minimum Gasteiger partial charge on any atom is -0.477 e. The highest BCUT2D eigenvalue weighted by Crippen LogP contribution is 2.32. The normalized spacial score (nSPS) is 11.4. The Morgan fingerprint density at radius 2 is 2.04 bits per heavy atom. The average Bonchev–Trinajstić information content (AvgIpc) is 2.84. The van der Waals surface area contributed by atoms with Crippen molar-refractivity contribution in [1.29, 1.82) is 0 Å². The van der Waals surface area contributed by atoms with E-state index in [1.54, 1.807) is 6.20 Å². The summed E-state index contributed by atoms with van der Waals surface area (Å²) >= 11 is 0. The third kappa shape index (κ3) is 2.67. The van der Waals surface area contributed by atoms with Crippen LogP contribution in [0.2, 0.25) is 0 Å². The molecule has 120 valence electrons. The lowest BCUT2D eigenvalue weighted by atomic mass is 10.1. The van der Waals surface area contributed by atoms with Gasteiger partial charge in [-0.3, -0.25) is 4.68 Å². The Labute approximate surface area is 136 Å². The van der Waals surface area contributed by atoms with Crippen LogP contribution in [-0.2, 0) is 0 Å². The van der Waals surface area contributed by atoms with Gasteiger partial charge in [0.25, 0.3) is 0 Å². The van der Waals surface area contributed by atoms with E-state index >= 15 is 0 Å². The Morgan fingerprint density at radius 1 is 1.26 bits per heavy atom. The maximum absolute atomic E-state index is 5.66. The summed E-state index contributed by atoms with van der Waals surface area (Å²) in [6, 6.07) is 6.37. The Balaban J connectivity index is 2.24. The molecule has 0 aliphatic heterocycles. The highest BCUT2D eigenvalue weighted by Gasteiger charge is 2.17. The standard InChI is InChI=1S/C18H22N4O/c1-6-23-18-14(8-7-9-19-18)16-12(4)10-15-17(20-16)13(5)21-22(15)11(2)3/h7-11H,6H2,1-5H3. The van der Waals surface area contributed by atoms with Crippen molar-refractivity contribution in [2.75, 3.05) is 6.61 Å². The number of rotatable bonds is 4. The average molecular weight is 310 g/mol. The summed E-state index contributed by atoms with van der Waals surface area (Å²) in [5.41, 5.74) is 5.86. The smallest absolute Gasteiger partial charge is 0.222 e. The van der Waals surface area contributed by atoms with Crippen LogP contribution in [0.1, 0.15) is 38.1 Å². The summed E-state index contributed by atoms with van der Waals surface area (Å²) in [5, 5.41) is 4.63. The molecule has 3 rings (SSSR count). The molecule has 0 aliphatic carbocycles. The number of hydrogen-bond acceptors (Lipinski definition) is 4. The monoisotopic (exact) mass is 310 g/mol. The van der Waals surface area contributed by atoms with Crippen LogP contribution in [0.15, 0.2) is 24.4 Å². The molecule has 0 saturated heterocycles. The first-order valence-corrected chi connectivity index (χ1v) is 7.97. The molecule has 3 heterocycles. The molecule has 0 amide bonds. The molecule has 0 saturated carbocycles. The van der Waals surface area contributed by atoms with E-state index < -0.39 is 0 Å². The van der Waals surface area contributed by atoms with E-state index in [0.29, 0.717) is 18.5 Å². The SMILES string of the molecule is CCOc1ncccc1-c1nc2c(C)nn(C(C)C)c2cc1C. The lowest BCUT2D eigenvalue weighted by Crippen LogP contribution is -2.03. The molecule has 0 radical (unpaired) electrons. The van der Waals surface area contributed by atoms with Crippen molar-refractivity contribution in [3.05, 3.63) is 35.7 Å². The lowest BCUT2D eigenvalue weighted by molar-refractivity contribution is 0.328. The summed E-state index contributed by atoms with van der Waals surface area (Å²) in [6.45, 7) is 10.9. The molecule has 0 aliphatic rings. The van der Waals surface area contributed by atoms with Crippen LogP contribution in [0.3, 0.4) is 0 Å². The van der Waals surface area contributed by atoms with Crippen molar-refractivity contribution in [3.63, 3.8) is 0 Å². The van der Waals surface area contributed by atoms with Gasteiger partial charge < -0.3 is 4.74 Å². The molecule has 0 N–H and O–H groups in total. The first-order valence-electron chi connectivity index (χ1n) is 7.97. The molecule has 0 unspecified atom stereocenters. The van der Waals surface area contributed by atoms with Gasteiger partial charge >= 0.3 is 0 Å². The first kappa shape index (κ1) is 15.5. The number of fused-ring (bicyclic) bond motifs is 1. The van der Waals surface area contributed by atoms with Gasteiger partial charge in [-0.1, -0.05) is 0 Å². The Bertz CT molecular complexity index is 852. The molecule has 5 nitrogen and oxygen atoms in total. The van der Waals surface area contributed by atoms with E-state index in [-0.39, 0.29) is 0 Å². The van der Waals surface area contributed by atoms with E-state index in [1.807, 2.05) is 30.7 Å². The molecule has 0 bridgehead atoms. The zero-order valence-corrected chi connectivity index (χ0v) is 14.3. The fourth-order valence-corrected chi connectivity index (χ4v) is 2.79. The van der Waals surface area contributed by atoms with E-state index in [1.165, 1.54) is 0 Å². The molecular weight excluding hydrogens is 288 g/mol. The van der Waals surface area contributed by atoms with Crippen molar-refractivity contribution in [3.8, 4) is 17.1 Å². The van der Waals surface area contributed by atoms with Gasteiger partial charge in [0.1, 0.15) is 5.52 Å². The fourth-order valence-electron chi connectivity index (χ4n) is 2.79. The number of aryl methyl sites for hydroxylation is 2. The van der Waals surface area contributed by atoms with Crippen molar-refractivity contribution in [1.82, 2.24) is 19.7 Å². The van der Waals surface area contributed by atoms with Gasteiger partial charge in [-0.05, 0) is 58.4 Å². The fraction of sp³-hybridized carbons (Fsp3) is 0.389. The highest BCUT2D eigenvalue weighted by atomic mass is 16.5. The largest absolute Gasteiger partial charge is 0.477 e. The van der Waals surface area contributed by atoms with Crippen LogP contribution < -0.4 is 4.74 Å². The van der Waals surface area contributed by atoms with Crippen molar-refractivity contribution >= 4 is 11.0 Å². The third-order valence-electron chi connectivity index (χ3n) is 3.84. The van der Waals surface area contributed by atoms with Crippen molar-refractivity contribution in [2.45, 2.75) is 40.7 Å². The molecule has 3 aromatic rings. The summed E-state index contributed by atoms with van der Waals surface area (Å²) in [6.07, 6.45) is 1.74. The van der Waals surface area contributed by atoms with Crippen LogP contribution in [0.25, 0.3) is 22.3 Å². The Morgan fingerprint density at radius 3 is 2.74 bits per heavy atom. The maximum atomic E-state index is 5.66. The quantitative estimate of drug-likeness (QED) is 0.728. The molecule has 5 heteroatoms. The second-order valence-electron chi connectivity index (χ2n) is 5.93. The van der Waals surface area contributed by atoms with Crippen LogP contribution in [0.4, 0.5) is 0 Å². The summed E-state index contributed by atoms with van der Waals surface area (Å²) in [5.74, 6) is 0.624. The number of ether oxygens (including phenoxy) is 1. The van der Waals surface area contributed by atoms with Gasteiger partial charge in [-0.2, -0.15) is 5.10 Å². The van der Waals surface area contributed by atoms with Crippen molar-refractivity contribution < 1.29 is 4.74 Å². The van der Waals surface area contributed by atoms with Crippen LogP contribution in [0, 0.1) is 13.8 Å². The molecule has 0 aromatic carbocycles. The zero-order chi connectivity index (χ0) is 16.6. The van der Waals surface area contributed by atoms with E-state index in [0.717, 1.165) is 33.5 Å². The third-order valence-corrected chi connectivity index (χ3v) is 3.84. The second kappa shape index (κ2) is 5.99. The Hall–Kier alpha value is -2.43. The second-order valence-corrected chi connectivity index (χ2v) is 5.93. The topological polar surface area (TPSA) is 52.8 Å². The van der Waals surface area contributed by atoms with Crippen LogP contribution in [0.5, 0.6) is 5.88 Å². The maximum Gasteiger partial charge on any atom is 0.222 e. The number of aromatic nitrogens is 4. The highest BCUT2D eigenvalue weighted by molar-refractivity contribution is 5.83. The van der Waals surface area contributed by atoms with E-state index in [4.69, 9.17) is 9.72 Å². The predicted octanol–water partition coefficient (Wildman–Crippen LogP) is 4.09. The predicted molar refractivity (Wildman–Crippen MR) is 91.8 cm³/mol. The van der Waals surface area contributed by atoms with Gasteiger partial charge in [-0.15, -0.1) is 0 Å². The minimum atomic E-state index is 0.302. The van der Waals surface area contributed by atoms with Gasteiger partial charge in [0.2, 0.25) is 5.88 Å². The minimum absolute atomic E-state index is 0.302. The van der Waals surface area contributed by atoms with Crippen molar-refractivity contribution in [2.24, 2.45) is 0 Å². The van der Waals surface area contributed by atoms with E-state index in [2.05, 4.69) is 36.9 Å². The number of nitrogens with zero attached hydrogens (tertiary/aromatic N) is 4. The zero-order valence-electron chi connectivity index (χ0n) is 14.3. The molecular formula is C18H22N4O. The number of pyridine rings is 2. The molecule has 0 fully saturated rings. The van der Waals surface area contributed by atoms with Gasteiger partial charge in [0.05, 0.1) is 29.1 Å². The molecule has 0 spiro atoms. The first-order chi connectivity index (χ1) is 11.0. The summed E-state index contributed by atoms with van der Waals surface area (Å²) in [7, 11) is 0. The molecule has 23 heavy (non-hydrogen) atoms. The molecule has 3 aromatic heterocycles. The van der Waals surface area contributed by atoms with E-state index in [9.17, 15) is 0 Å². The summed E-state index contributed by atoms with van der Waals surface area (Å²) < 4.78 is 7.69. The number of hydrogen-bond donors (Lipinski definition) is 0. The lowest BCUT2D eigenvalue weighted by Gasteiger charge is -2.12. The van der Waals surface area contributed by atoms with Crippen LogP contribution >= 0.6 is 0 Å². The van der Waals surface area contributed by atoms with Gasteiger partial charge in [0.15, 0.2) is 0 Å². The summed E-state index contributed by atoms with van der Waals surface area (Å²) in [4.78, 5) is 9.23. The Kier molecular flexibility index (Phi) is 4.03. The van der Waals surface area contributed by atoms with Crippen LogP contribution in [-0.4, -0.2) is 26.4 Å².